The molecule has 2 aromatic rings. The van der Waals surface area contributed by atoms with Crippen molar-refractivity contribution in [2.45, 2.75) is 39.4 Å². The van der Waals surface area contributed by atoms with Crippen molar-refractivity contribution in [1.29, 1.82) is 0 Å². The van der Waals surface area contributed by atoms with Crippen molar-refractivity contribution >= 4 is 17.6 Å². The molecule has 0 amide bonds. The first-order chi connectivity index (χ1) is 9.83. The lowest BCUT2D eigenvalue weighted by molar-refractivity contribution is 0.421. The molecule has 1 N–H and O–H groups in total. The second-order valence-electron chi connectivity index (χ2n) is 6.21. The molecule has 0 saturated heterocycles. The van der Waals surface area contributed by atoms with Crippen LogP contribution in [0.1, 0.15) is 32.0 Å². The molecule has 1 aromatic heterocycles. The number of anilines is 1. The van der Waals surface area contributed by atoms with Crippen molar-refractivity contribution in [2.24, 2.45) is 0 Å². The summed E-state index contributed by atoms with van der Waals surface area (Å²) in [5.41, 5.74) is 2.08. The first-order valence-electron chi connectivity index (χ1n) is 6.98. The number of halogens is 1. The molecular formula is C16H22ClN3O. The number of hydrogen-bond donors (Lipinski definition) is 1. The lowest BCUT2D eigenvalue weighted by Crippen LogP contribution is -2.35. The van der Waals surface area contributed by atoms with E-state index in [1.165, 1.54) is 0 Å². The van der Waals surface area contributed by atoms with E-state index in [0.29, 0.717) is 19.1 Å². The molecule has 4 nitrogen and oxygen atoms in total. The molecule has 0 aliphatic heterocycles. The van der Waals surface area contributed by atoms with Crippen molar-refractivity contribution in [2.75, 3.05) is 11.9 Å². The van der Waals surface area contributed by atoms with Gasteiger partial charge in [-0.15, -0.1) is 0 Å². The first kappa shape index (κ1) is 15.9. The van der Waals surface area contributed by atoms with Crippen LogP contribution in [0.2, 0.25) is 5.02 Å². The Morgan fingerprint density at radius 1 is 1.33 bits per heavy atom. The second-order valence-corrected chi connectivity index (χ2v) is 6.65. The standard InChI is InChI=1S/C16H22ClN3O/c1-16(2,3)18-9-14-11-21-15(19-14)20(4)10-12-6-5-7-13(17)8-12/h5-8,11,18H,9-10H2,1-4H3. The Morgan fingerprint density at radius 2 is 2.10 bits per heavy atom. The zero-order valence-electron chi connectivity index (χ0n) is 13.0. The van der Waals surface area contributed by atoms with E-state index < -0.39 is 0 Å². The van der Waals surface area contributed by atoms with Gasteiger partial charge in [-0.2, -0.15) is 4.98 Å². The summed E-state index contributed by atoms with van der Waals surface area (Å²) in [5.74, 6) is 0. The van der Waals surface area contributed by atoms with E-state index in [1.807, 2.05) is 36.2 Å². The summed E-state index contributed by atoms with van der Waals surface area (Å²) in [5, 5.41) is 4.13. The summed E-state index contributed by atoms with van der Waals surface area (Å²) in [7, 11) is 1.95. The van der Waals surface area contributed by atoms with E-state index in [1.54, 1.807) is 6.26 Å². The molecule has 0 bridgehead atoms. The minimum Gasteiger partial charge on any atom is -0.432 e. The minimum atomic E-state index is 0.0613. The van der Waals surface area contributed by atoms with Crippen LogP contribution in [0.25, 0.3) is 0 Å². The fourth-order valence-corrected chi connectivity index (χ4v) is 2.10. The molecule has 0 radical (unpaired) electrons. The highest BCUT2D eigenvalue weighted by molar-refractivity contribution is 6.30. The molecule has 0 aliphatic carbocycles. The summed E-state index contributed by atoms with van der Waals surface area (Å²) in [6.45, 7) is 7.77. The van der Waals surface area contributed by atoms with Crippen LogP contribution < -0.4 is 10.2 Å². The molecule has 1 aromatic carbocycles. The van der Waals surface area contributed by atoms with Gasteiger partial charge in [0.2, 0.25) is 0 Å². The maximum Gasteiger partial charge on any atom is 0.297 e. The molecule has 0 unspecified atom stereocenters. The highest BCUT2D eigenvalue weighted by Gasteiger charge is 2.13. The van der Waals surface area contributed by atoms with Gasteiger partial charge in [0.25, 0.3) is 6.01 Å². The van der Waals surface area contributed by atoms with Gasteiger partial charge in [0.15, 0.2) is 0 Å². The first-order valence-corrected chi connectivity index (χ1v) is 7.36. The fourth-order valence-electron chi connectivity index (χ4n) is 1.89. The summed E-state index contributed by atoms with van der Waals surface area (Å²) in [6.07, 6.45) is 1.70. The summed E-state index contributed by atoms with van der Waals surface area (Å²) < 4.78 is 5.54. The molecule has 0 fully saturated rings. The number of oxazole rings is 1. The van der Waals surface area contributed by atoms with Gasteiger partial charge in [-0.3, -0.25) is 0 Å². The number of nitrogens with zero attached hydrogens (tertiary/aromatic N) is 2. The number of aromatic nitrogens is 1. The zero-order chi connectivity index (χ0) is 15.5. The molecule has 0 spiro atoms. The average Bonchev–Trinajstić information content (AvgIpc) is 2.84. The van der Waals surface area contributed by atoms with Gasteiger partial charge in [-0.05, 0) is 38.5 Å². The van der Waals surface area contributed by atoms with E-state index in [9.17, 15) is 0 Å². The Labute approximate surface area is 131 Å². The zero-order valence-corrected chi connectivity index (χ0v) is 13.7. The van der Waals surface area contributed by atoms with E-state index in [-0.39, 0.29) is 5.54 Å². The van der Waals surface area contributed by atoms with E-state index in [2.05, 4.69) is 31.1 Å². The van der Waals surface area contributed by atoms with Crippen LogP contribution in [-0.2, 0) is 13.1 Å². The Hall–Kier alpha value is -1.52. The molecule has 21 heavy (non-hydrogen) atoms. The van der Waals surface area contributed by atoms with Crippen molar-refractivity contribution in [3.8, 4) is 0 Å². The average molecular weight is 308 g/mol. The van der Waals surface area contributed by atoms with Gasteiger partial charge in [0.05, 0.1) is 5.69 Å². The number of nitrogens with one attached hydrogen (secondary N) is 1. The van der Waals surface area contributed by atoms with Crippen LogP contribution in [0, 0.1) is 0 Å². The predicted octanol–water partition coefficient (Wildman–Crippen LogP) is 3.85. The van der Waals surface area contributed by atoms with Gasteiger partial charge < -0.3 is 14.6 Å². The van der Waals surface area contributed by atoms with Gasteiger partial charge in [-0.25, -0.2) is 0 Å². The SMILES string of the molecule is CN(Cc1cccc(Cl)c1)c1nc(CNC(C)(C)C)co1. The Morgan fingerprint density at radius 3 is 2.76 bits per heavy atom. The van der Waals surface area contributed by atoms with E-state index in [4.69, 9.17) is 16.0 Å². The normalized spacial score (nSPS) is 11.7. The topological polar surface area (TPSA) is 41.3 Å². The third kappa shape index (κ3) is 5.06. The van der Waals surface area contributed by atoms with Crippen molar-refractivity contribution in [1.82, 2.24) is 10.3 Å². The van der Waals surface area contributed by atoms with Crippen molar-refractivity contribution < 1.29 is 4.42 Å². The molecule has 0 saturated carbocycles. The molecule has 0 atom stereocenters. The van der Waals surface area contributed by atoms with Crippen LogP contribution in [0.15, 0.2) is 34.9 Å². The third-order valence-electron chi connectivity index (χ3n) is 2.97. The second kappa shape index (κ2) is 6.50. The maximum atomic E-state index is 6.00. The molecule has 2 rings (SSSR count). The molecular weight excluding hydrogens is 286 g/mol. The van der Waals surface area contributed by atoms with Crippen LogP contribution >= 0.6 is 11.6 Å². The van der Waals surface area contributed by atoms with E-state index >= 15 is 0 Å². The van der Waals surface area contributed by atoms with Crippen molar-refractivity contribution in [3.63, 3.8) is 0 Å². The lowest BCUT2D eigenvalue weighted by Gasteiger charge is -2.19. The largest absolute Gasteiger partial charge is 0.432 e. The highest BCUT2D eigenvalue weighted by Crippen LogP contribution is 2.17. The quantitative estimate of drug-likeness (QED) is 0.911. The Kier molecular flexibility index (Phi) is 4.91. The summed E-state index contributed by atoms with van der Waals surface area (Å²) in [4.78, 5) is 6.46. The molecule has 0 aliphatic rings. The van der Waals surface area contributed by atoms with Gasteiger partial charge >= 0.3 is 0 Å². The Balaban J connectivity index is 1.97. The minimum absolute atomic E-state index is 0.0613. The van der Waals surface area contributed by atoms with Crippen LogP contribution in [0.4, 0.5) is 6.01 Å². The fraction of sp³-hybridized carbons (Fsp3) is 0.438. The monoisotopic (exact) mass is 307 g/mol. The van der Waals surface area contributed by atoms with Gasteiger partial charge in [0, 0.05) is 30.7 Å². The molecule has 1 heterocycles. The lowest BCUT2D eigenvalue weighted by atomic mass is 10.1. The van der Waals surface area contributed by atoms with Gasteiger partial charge in [-0.1, -0.05) is 23.7 Å². The van der Waals surface area contributed by atoms with Crippen molar-refractivity contribution in [3.05, 3.63) is 46.8 Å². The van der Waals surface area contributed by atoms with Crippen LogP contribution in [0.5, 0.6) is 0 Å². The summed E-state index contributed by atoms with van der Waals surface area (Å²) >= 11 is 6.00. The van der Waals surface area contributed by atoms with E-state index in [0.717, 1.165) is 16.3 Å². The van der Waals surface area contributed by atoms with Crippen LogP contribution in [-0.4, -0.2) is 17.6 Å². The number of rotatable bonds is 5. The molecule has 114 valence electrons. The van der Waals surface area contributed by atoms with Crippen LogP contribution in [0.3, 0.4) is 0 Å². The third-order valence-corrected chi connectivity index (χ3v) is 3.21. The smallest absolute Gasteiger partial charge is 0.297 e. The highest BCUT2D eigenvalue weighted by atomic mass is 35.5. The molecule has 5 heteroatoms. The number of hydrogen-bond acceptors (Lipinski definition) is 4. The Bertz CT molecular complexity index is 589. The van der Waals surface area contributed by atoms with Gasteiger partial charge in [0.1, 0.15) is 6.26 Å². The predicted molar refractivity (Wildman–Crippen MR) is 86.7 cm³/mol. The number of benzene rings is 1. The maximum absolute atomic E-state index is 6.00. The summed E-state index contributed by atoms with van der Waals surface area (Å²) in [6, 6.07) is 8.41.